The fourth-order valence-electron chi connectivity index (χ4n) is 1.28. The van der Waals surface area contributed by atoms with Gasteiger partial charge in [0, 0.05) is 24.8 Å². The molecule has 2 N–H and O–H groups in total. The molecule has 0 bridgehead atoms. The summed E-state index contributed by atoms with van der Waals surface area (Å²) in [6.07, 6.45) is 2.64. The SMILES string of the molecule is OCC1CC1Nc1ccc(Cl)cn1. The summed E-state index contributed by atoms with van der Waals surface area (Å²) < 4.78 is 0. The molecule has 1 aliphatic carbocycles. The Hall–Kier alpha value is -0.800. The molecule has 0 saturated heterocycles. The maximum atomic E-state index is 8.82. The van der Waals surface area contributed by atoms with E-state index in [1.807, 2.05) is 6.07 Å². The topological polar surface area (TPSA) is 45.1 Å². The van der Waals surface area contributed by atoms with Crippen molar-refractivity contribution >= 4 is 17.4 Å². The highest BCUT2D eigenvalue weighted by molar-refractivity contribution is 6.30. The summed E-state index contributed by atoms with van der Waals surface area (Å²) >= 11 is 5.69. The van der Waals surface area contributed by atoms with Crippen molar-refractivity contribution in [3.63, 3.8) is 0 Å². The van der Waals surface area contributed by atoms with Gasteiger partial charge in [-0.3, -0.25) is 0 Å². The average Bonchev–Trinajstić information content (AvgIpc) is 2.88. The maximum absolute atomic E-state index is 8.82. The van der Waals surface area contributed by atoms with Crippen LogP contribution < -0.4 is 5.32 Å². The third-order valence-electron chi connectivity index (χ3n) is 2.22. The molecule has 1 aliphatic rings. The first-order valence-corrected chi connectivity index (χ1v) is 4.66. The van der Waals surface area contributed by atoms with Crippen molar-refractivity contribution in [2.24, 2.45) is 5.92 Å². The Morgan fingerprint density at radius 1 is 1.62 bits per heavy atom. The molecule has 0 aromatic carbocycles. The van der Waals surface area contributed by atoms with Crippen LogP contribution in [-0.4, -0.2) is 22.7 Å². The molecule has 70 valence electrons. The minimum atomic E-state index is 0.255. The second-order valence-corrected chi connectivity index (χ2v) is 3.73. The monoisotopic (exact) mass is 198 g/mol. The molecule has 0 radical (unpaired) electrons. The number of nitrogens with zero attached hydrogens (tertiary/aromatic N) is 1. The van der Waals surface area contributed by atoms with Gasteiger partial charge >= 0.3 is 0 Å². The van der Waals surface area contributed by atoms with Crippen LogP contribution in [-0.2, 0) is 0 Å². The largest absolute Gasteiger partial charge is 0.396 e. The Morgan fingerprint density at radius 2 is 2.46 bits per heavy atom. The lowest BCUT2D eigenvalue weighted by molar-refractivity contribution is 0.275. The predicted octanol–water partition coefficient (Wildman–Crippen LogP) is 1.53. The van der Waals surface area contributed by atoms with Gasteiger partial charge in [-0.2, -0.15) is 0 Å². The summed E-state index contributed by atoms with van der Waals surface area (Å²) in [4.78, 5) is 4.10. The molecule has 2 atom stereocenters. The fourth-order valence-corrected chi connectivity index (χ4v) is 1.39. The molecule has 13 heavy (non-hydrogen) atoms. The Balaban J connectivity index is 1.92. The van der Waals surface area contributed by atoms with Crippen LogP contribution in [0.4, 0.5) is 5.82 Å². The minimum Gasteiger partial charge on any atom is -0.396 e. The fraction of sp³-hybridized carbons (Fsp3) is 0.444. The first-order chi connectivity index (χ1) is 6.29. The van der Waals surface area contributed by atoms with Gasteiger partial charge in [0.05, 0.1) is 5.02 Å². The van der Waals surface area contributed by atoms with Gasteiger partial charge in [0.25, 0.3) is 0 Å². The third kappa shape index (κ3) is 2.11. The second kappa shape index (κ2) is 3.52. The molecule has 0 amide bonds. The van der Waals surface area contributed by atoms with Crippen molar-refractivity contribution in [1.29, 1.82) is 0 Å². The molecule has 3 nitrogen and oxygen atoms in total. The van der Waals surface area contributed by atoms with E-state index in [0.717, 1.165) is 12.2 Å². The maximum Gasteiger partial charge on any atom is 0.126 e. The first-order valence-electron chi connectivity index (χ1n) is 4.28. The smallest absolute Gasteiger partial charge is 0.126 e. The van der Waals surface area contributed by atoms with E-state index in [2.05, 4.69) is 10.3 Å². The summed E-state index contributed by atoms with van der Waals surface area (Å²) in [5.74, 6) is 1.22. The first kappa shape index (κ1) is 8.78. The van der Waals surface area contributed by atoms with Gasteiger partial charge in [0.15, 0.2) is 0 Å². The lowest BCUT2D eigenvalue weighted by Gasteiger charge is -2.03. The molecule has 1 aromatic rings. The molecule has 0 spiro atoms. The number of aliphatic hydroxyl groups is 1. The number of halogens is 1. The van der Waals surface area contributed by atoms with Crippen molar-refractivity contribution in [3.05, 3.63) is 23.4 Å². The summed E-state index contributed by atoms with van der Waals surface area (Å²) in [6, 6.07) is 4.03. The number of nitrogens with one attached hydrogen (secondary N) is 1. The highest BCUT2D eigenvalue weighted by Gasteiger charge is 2.36. The van der Waals surface area contributed by atoms with E-state index in [0.29, 0.717) is 17.0 Å². The van der Waals surface area contributed by atoms with Crippen molar-refractivity contribution in [2.45, 2.75) is 12.5 Å². The van der Waals surface area contributed by atoms with Gasteiger partial charge in [-0.15, -0.1) is 0 Å². The number of pyridine rings is 1. The van der Waals surface area contributed by atoms with Crippen LogP contribution in [0, 0.1) is 5.92 Å². The molecule has 1 heterocycles. The number of rotatable bonds is 3. The Kier molecular flexibility index (Phi) is 2.38. The lowest BCUT2D eigenvalue weighted by Crippen LogP contribution is -2.07. The highest BCUT2D eigenvalue weighted by atomic mass is 35.5. The highest BCUT2D eigenvalue weighted by Crippen LogP contribution is 2.32. The Labute approximate surface area is 81.8 Å². The third-order valence-corrected chi connectivity index (χ3v) is 2.44. The van der Waals surface area contributed by atoms with E-state index in [1.54, 1.807) is 12.3 Å². The van der Waals surface area contributed by atoms with Gasteiger partial charge in [0.1, 0.15) is 5.82 Å². The second-order valence-electron chi connectivity index (χ2n) is 3.29. The van der Waals surface area contributed by atoms with Crippen LogP contribution in [0.3, 0.4) is 0 Å². The molecule has 4 heteroatoms. The van der Waals surface area contributed by atoms with Crippen molar-refractivity contribution < 1.29 is 5.11 Å². The van der Waals surface area contributed by atoms with Gasteiger partial charge in [-0.05, 0) is 18.6 Å². The number of aliphatic hydroxyl groups excluding tert-OH is 1. The number of aromatic nitrogens is 1. The molecule has 1 aromatic heterocycles. The molecule has 0 aliphatic heterocycles. The van der Waals surface area contributed by atoms with E-state index in [4.69, 9.17) is 16.7 Å². The molecule has 1 fully saturated rings. The van der Waals surface area contributed by atoms with Crippen molar-refractivity contribution in [1.82, 2.24) is 4.98 Å². The quantitative estimate of drug-likeness (QED) is 0.774. The number of hydrogen-bond acceptors (Lipinski definition) is 3. The van der Waals surface area contributed by atoms with Crippen molar-refractivity contribution in [2.75, 3.05) is 11.9 Å². The average molecular weight is 199 g/mol. The molecule has 2 rings (SSSR count). The molecule has 1 saturated carbocycles. The van der Waals surface area contributed by atoms with E-state index in [-0.39, 0.29) is 6.61 Å². The van der Waals surface area contributed by atoms with Crippen LogP contribution in [0.25, 0.3) is 0 Å². The van der Waals surface area contributed by atoms with Crippen LogP contribution in [0.15, 0.2) is 18.3 Å². The lowest BCUT2D eigenvalue weighted by atomic mass is 10.4. The summed E-state index contributed by atoms with van der Waals surface area (Å²) in [5, 5.41) is 12.7. The van der Waals surface area contributed by atoms with Crippen LogP contribution in [0.5, 0.6) is 0 Å². The standard InChI is InChI=1S/C9H11ClN2O/c10-7-1-2-9(11-4-7)12-8-3-6(8)5-13/h1-2,4,6,8,13H,3,5H2,(H,11,12). The van der Waals surface area contributed by atoms with E-state index in [9.17, 15) is 0 Å². The normalized spacial score (nSPS) is 25.7. The van der Waals surface area contributed by atoms with Gasteiger partial charge in [0.2, 0.25) is 0 Å². The minimum absolute atomic E-state index is 0.255. The van der Waals surface area contributed by atoms with E-state index in [1.165, 1.54) is 0 Å². The molecular formula is C9H11ClN2O. The summed E-state index contributed by atoms with van der Waals surface area (Å²) in [7, 11) is 0. The molecular weight excluding hydrogens is 188 g/mol. The predicted molar refractivity (Wildman–Crippen MR) is 51.9 cm³/mol. The molecule has 2 unspecified atom stereocenters. The van der Waals surface area contributed by atoms with Gasteiger partial charge in [-0.25, -0.2) is 4.98 Å². The number of hydrogen-bond donors (Lipinski definition) is 2. The van der Waals surface area contributed by atoms with Gasteiger partial charge < -0.3 is 10.4 Å². The summed E-state index contributed by atoms with van der Waals surface area (Å²) in [6.45, 7) is 0.255. The van der Waals surface area contributed by atoms with Crippen molar-refractivity contribution in [3.8, 4) is 0 Å². The zero-order chi connectivity index (χ0) is 9.26. The zero-order valence-electron chi connectivity index (χ0n) is 7.07. The zero-order valence-corrected chi connectivity index (χ0v) is 7.83. The number of anilines is 1. The Bertz CT molecular complexity index is 288. The van der Waals surface area contributed by atoms with E-state index >= 15 is 0 Å². The van der Waals surface area contributed by atoms with Crippen LogP contribution in [0.2, 0.25) is 5.02 Å². The van der Waals surface area contributed by atoms with Gasteiger partial charge in [-0.1, -0.05) is 11.6 Å². The van der Waals surface area contributed by atoms with Crippen LogP contribution >= 0.6 is 11.6 Å². The summed E-state index contributed by atoms with van der Waals surface area (Å²) in [5.41, 5.74) is 0. The van der Waals surface area contributed by atoms with Crippen LogP contribution in [0.1, 0.15) is 6.42 Å². The Morgan fingerprint density at radius 3 is 3.00 bits per heavy atom. The van der Waals surface area contributed by atoms with E-state index < -0.39 is 0 Å².